The second-order valence-corrected chi connectivity index (χ2v) is 5.04. The lowest BCUT2D eigenvalue weighted by molar-refractivity contribution is -0.117. The highest BCUT2D eigenvalue weighted by molar-refractivity contribution is 5.97. The largest absolute Gasteiger partial charge is 0.317 e. The first-order valence-electron chi connectivity index (χ1n) is 6.41. The van der Waals surface area contributed by atoms with Crippen LogP contribution in [-0.4, -0.2) is 24.5 Å². The third kappa shape index (κ3) is 2.13. The number of anilines is 1. The second kappa shape index (κ2) is 5.29. The third-order valence-corrected chi connectivity index (χ3v) is 4.08. The Bertz CT molecular complexity index is 415. The normalized spacial score (nSPS) is 22.0. The summed E-state index contributed by atoms with van der Waals surface area (Å²) in [7, 11) is 0. The lowest BCUT2D eigenvalue weighted by Crippen LogP contribution is -2.52. The maximum Gasteiger partial charge on any atom is 0.227 e. The quantitative estimate of drug-likeness (QED) is 0.846. The molecular weight excluding hydrogens is 248 g/mol. The van der Waals surface area contributed by atoms with Crippen molar-refractivity contribution < 1.29 is 4.79 Å². The number of amides is 1. The molecular formula is C14H19ClN2O. The van der Waals surface area contributed by atoms with E-state index in [9.17, 15) is 4.79 Å². The smallest absolute Gasteiger partial charge is 0.227 e. The van der Waals surface area contributed by atoms with Crippen LogP contribution in [0, 0.1) is 0 Å². The Morgan fingerprint density at radius 2 is 1.72 bits per heavy atom. The molecule has 98 valence electrons. The van der Waals surface area contributed by atoms with Gasteiger partial charge in [-0.3, -0.25) is 4.79 Å². The number of carbonyl (C=O) groups excluding carboxylic acids is 1. The van der Waals surface area contributed by atoms with Crippen molar-refractivity contribution in [2.24, 2.45) is 0 Å². The number of nitrogens with one attached hydrogen (secondary N) is 1. The van der Waals surface area contributed by atoms with Crippen molar-refractivity contribution in [3.8, 4) is 0 Å². The van der Waals surface area contributed by atoms with Crippen molar-refractivity contribution in [1.82, 2.24) is 5.32 Å². The predicted octanol–water partition coefficient (Wildman–Crippen LogP) is 2.36. The van der Waals surface area contributed by atoms with Gasteiger partial charge in [0, 0.05) is 12.1 Å². The first kappa shape index (κ1) is 13.4. The molecule has 3 rings (SSSR count). The fraction of sp³-hybridized carbons (Fsp3) is 0.500. The van der Waals surface area contributed by atoms with Crippen LogP contribution >= 0.6 is 12.4 Å². The maximum absolute atomic E-state index is 12.2. The molecule has 18 heavy (non-hydrogen) atoms. The minimum absolute atomic E-state index is 0. The Morgan fingerprint density at radius 3 is 2.39 bits per heavy atom. The summed E-state index contributed by atoms with van der Waals surface area (Å²) in [4.78, 5) is 14.2. The highest BCUT2D eigenvalue weighted by Gasteiger charge is 2.46. The molecule has 4 heteroatoms. The molecule has 1 aromatic carbocycles. The second-order valence-electron chi connectivity index (χ2n) is 5.04. The van der Waals surface area contributed by atoms with E-state index in [4.69, 9.17) is 0 Å². The number of piperidine rings is 1. The number of halogens is 1. The number of nitrogens with zero attached hydrogens (tertiary/aromatic N) is 1. The number of carbonyl (C=O) groups is 1. The summed E-state index contributed by atoms with van der Waals surface area (Å²) < 4.78 is 0. The zero-order chi connectivity index (χ0) is 11.7. The minimum atomic E-state index is 0. The molecule has 0 saturated carbocycles. The number of hydrogen-bond donors (Lipinski definition) is 1. The van der Waals surface area contributed by atoms with Crippen LogP contribution in [0.5, 0.6) is 0 Å². The third-order valence-electron chi connectivity index (χ3n) is 4.08. The van der Waals surface area contributed by atoms with E-state index in [1.54, 1.807) is 0 Å². The van der Waals surface area contributed by atoms with Gasteiger partial charge in [-0.15, -0.1) is 12.4 Å². The number of benzene rings is 1. The van der Waals surface area contributed by atoms with Crippen LogP contribution in [-0.2, 0) is 4.79 Å². The highest BCUT2D eigenvalue weighted by Crippen LogP contribution is 2.40. The Kier molecular flexibility index (Phi) is 3.93. The van der Waals surface area contributed by atoms with E-state index in [2.05, 4.69) is 10.2 Å². The van der Waals surface area contributed by atoms with Gasteiger partial charge in [0.25, 0.3) is 0 Å². The SMILES string of the molecule is Cl.O=C1CCC2(CCNCC2)N1c1ccccc1. The first-order valence-corrected chi connectivity index (χ1v) is 6.41. The van der Waals surface area contributed by atoms with Crippen LogP contribution in [0.4, 0.5) is 5.69 Å². The zero-order valence-electron chi connectivity index (χ0n) is 10.4. The van der Waals surface area contributed by atoms with E-state index in [0.29, 0.717) is 6.42 Å². The molecule has 2 heterocycles. The van der Waals surface area contributed by atoms with E-state index in [1.165, 1.54) is 0 Å². The topological polar surface area (TPSA) is 32.3 Å². The first-order chi connectivity index (χ1) is 8.32. The van der Waals surface area contributed by atoms with Gasteiger partial charge >= 0.3 is 0 Å². The van der Waals surface area contributed by atoms with E-state index in [1.807, 2.05) is 30.3 Å². The van der Waals surface area contributed by atoms with Crippen molar-refractivity contribution in [3.05, 3.63) is 30.3 Å². The van der Waals surface area contributed by atoms with Crippen LogP contribution in [0.15, 0.2) is 30.3 Å². The predicted molar refractivity (Wildman–Crippen MR) is 75.2 cm³/mol. The zero-order valence-corrected chi connectivity index (χ0v) is 11.2. The summed E-state index contributed by atoms with van der Waals surface area (Å²) in [6, 6.07) is 10.1. The monoisotopic (exact) mass is 266 g/mol. The molecule has 2 aliphatic heterocycles. The summed E-state index contributed by atoms with van der Waals surface area (Å²) >= 11 is 0. The van der Waals surface area contributed by atoms with Gasteiger partial charge in [0.2, 0.25) is 5.91 Å². The van der Waals surface area contributed by atoms with Crippen LogP contribution in [0.25, 0.3) is 0 Å². The Labute approximate surface area is 114 Å². The summed E-state index contributed by atoms with van der Waals surface area (Å²) in [6.07, 6.45) is 3.87. The van der Waals surface area contributed by atoms with Crippen molar-refractivity contribution in [2.45, 2.75) is 31.2 Å². The molecule has 1 spiro atoms. The van der Waals surface area contributed by atoms with Gasteiger partial charge in [0.1, 0.15) is 0 Å². The van der Waals surface area contributed by atoms with E-state index in [-0.39, 0.29) is 23.9 Å². The summed E-state index contributed by atoms with van der Waals surface area (Å²) in [6.45, 7) is 2.05. The van der Waals surface area contributed by atoms with Crippen LogP contribution in [0.3, 0.4) is 0 Å². The number of rotatable bonds is 1. The number of hydrogen-bond acceptors (Lipinski definition) is 2. The van der Waals surface area contributed by atoms with Crippen LogP contribution in [0.1, 0.15) is 25.7 Å². The van der Waals surface area contributed by atoms with Crippen molar-refractivity contribution >= 4 is 24.0 Å². The average molecular weight is 267 g/mol. The lowest BCUT2D eigenvalue weighted by atomic mass is 9.85. The van der Waals surface area contributed by atoms with E-state index in [0.717, 1.165) is 38.0 Å². The lowest BCUT2D eigenvalue weighted by Gasteiger charge is -2.41. The molecule has 0 atom stereocenters. The van der Waals surface area contributed by atoms with Crippen molar-refractivity contribution in [3.63, 3.8) is 0 Å². The Morgan fingerprint density at radius 1 is 1.06 bits per heavy atom. The van der Waals surface area contributed by atoms with Gasteiger partial charge in [-0.1, -0.05) is 18.2 Å². The molecule has 2 aliphatic rings. The molecule has 0 aromatic heterocycles. The van der Waals surface area contributed by atoms with E-state index < -0.39 is 0 Å². The van der Waals surface area contributed by atoms with Gasteiger partial charge in [-0.25, -0.2) is 0 Å². The van der Waals surface area contributed by atoms with Gasteiger partial charge in [0.15, 0.2) is 0 Å². The molecule has 0 aliphatic carbocycles. The molecule has 3 nitrogen and oxygen atoms in total. The van der Waals surface area contributed by atoms with Crippen LogP contribution in [0.2, 0.25) is 0 Å². The van der Waals surface area contributed by atoms with Gasteiger partial charge in [-0.2, -0.15) is 0 Å². The highest BCUT2D eigenvalue weighted by atomic mass is 35.5. The summed E-state index contributed by atoms with van der Waals surface area (Å²) in [5, 5.41) is 3.38. The van der Waals surface area contributed by atoms with Crippen molar-refractivity contribution in [2.75, 3.05) is 18.0 Å². The molecule has 2 saturated heterocycles. The summed E-state index contributed by atoms with van der Waals surface area (Å²) in [5.74, 6) is 0.290. The fourth-order valence-corrected chi connectivity index (χ4v) is 3.19. The standard InChI is InChI=1S/C14H18N2O.ClH/c17-13-6-7-14(8-10-15-11-9-14)16(13)12-4-2-1-3-5-12;/h1-5,15H,6-11H2;1H. The van der Waals surface area contributed by atoms with E-state index >= 15 is 0 Å². The van der Waals surface area contributed by atoms with Gasteiger partial charge in [-0.05, 0) is 44.5 Å². The molecule has 0 radical (unpaired) electrons. The van der Waals surface area contributed by atoms with Gasteiger partial charge in [0.05, 0.1) is 5.54 Å². The maximum atomic E-state index is 12.2. The minimum Gasteiger partial charge on any atom is -0.317 e. The van der Waals surface area contributed by atoms with Crippen molar-refractivity contribution in [1.29, 1.82) is 0 Å². The Hall–Kier alpha value is -1.06. The molecule has 0 unspecified atom stereocenters. The molecule has 1 amide bonds. The Balaban J connectivity index is 0.00000120. The molecule has 1 N–H and O–H groups in total. The average Bonchev–Trinajstić information content (AvgIpc) is 2.68. The molecule has 1 aromatic rings. The summed E-state index contributed by atoms with van der Waals surface area (Å²) in [5.41, 5.74) is 1.15. The number of para-hydroxylation sites is 1. The fourth-order valence-electron chi connectivity index (χ4n) is 3.19. The van der Waals surface area contributed by atoms with Gasteiger partial charge < -0.3 is 10.2 Å². The molecule has 0 bridgehead atoms. The van der Waals surface area contributed by atoms with Crippen LogP contribution < -0.4 is 10.2 Å². The molecule has 2 fully saturated rings.